The van der Waals surface area contributed by atoms with E-state index in [0.29, 0.717) is 5.57 Å². The Morgan fingerprint density at radius 1 is 0.959 bits per heavy atom. The number of rotatable bonds is 5. The molecule has 0 amide bonds. The van der Waals surface area contributed by atoms with Crippen LogP contribution in [0.2, 0.25) is 0 Å². The molecule has 0 aromatic carbocycles. The topological polar surface area (TPSA) is 233 Å². The van der Waals surface area contributed by atoms with Gasteiger partial charge in [-0.3, -0.25) is 4.79 Å². The van der Waals surface area contributed by atoms with E-state index in [0.717, 1.165) is 0 Å². The van der Waals surface area contributed by atoms with Crippen LogP contribution in [0, 0.1) is 66.7 Å². The molecule has 15 heteroatoms. The van der Waals surface area contributed by atoms with Crippen molar-refractivity contribution in [1.29, 1.82) is 0 Å². The molecule has 4 fully saturated rings. The molecule has 2 aliphatic heterocycles. The van der Waals surface area contributed by atoms with Gasteiger partial charge in [0.15, 0.2) is 12.1 Å². The second-order valence-electron chi connectivity index (χ2n) is 13.7. The van der Waals surface area contributed by atoms with Gasteiger partial charge in [-0.15, -0.1) is 0 Å². The fourth-order valence-electron chi connectivity index (χ4n) is 8.70. The summed E-state index contributed by atoms with van der Waals surface area (Å²) in [6.45, 7) is 6.50. The molecule has 49 heavy (non-hydrogen) atoms. The summed E-state index contributed by atoms with van der Waals surface area (Å²) < 4.78 is 22.0. The standard InChI is InChI=1S/C29H44O14.5CH4.Ac/c1-11-13(31)7-29(39)12(2)23-27(5,24(37)20(34)18(11)26(29,3)4)15(6-16-28(23,38)10-41-16)43-17(32)9-40-25-22(36)21(35)19(33)14(8-30)42-25;;;;;;/h12-16,19-23,25,30-31,33-36,38-39H,6-10H2,1-5H3;5*1H4;/t12-,13?,14?,15?,16?,19?,20?,21?,22?,23?,25?,27+,28-,29?;;;;;;/m0....../s1. The molecule has 3 aliphatic carbocycles. The quantitative estimate of drug-likeness (QED) is 0.139. The predicted octanol–water partition coefficient (Wildman–Crippen LogP) is 0.469. The van der Waals surface area contributed by atoms with Crippen molar-refractivity contribution in [3.63, 3.8) is 0 Å². The Morgan fingerprint density at radius 2 is 1.53 bits per heavy atom. The number of ketones is 1. The molecule has 2 bridgehead atoms. The molecule has 287 valence electrons. The fourth-order valence-corrected chi connectivity index (χ4v) is 8.70. The largest absolute Gasteiger partial charge is 0.459 e. The number of fused-ring (bicyclic) bond motifs is 5. The number of hydrogen-bond donors (Lipinski definition) is 8. The SMILES string of the molecule is C.C.C.C.C.CC1=C2C(O)C(=O)[C@]3(C)C(OC(=O)COC4OC(CO)C(O)C(O)C4O)CC4OC[C@@]4(O)C3[C@H](C)C(O)(CC1O)C2(C)C.[Ac]. The van der Waals surface area contributed by atoms with Gasteiger partial charge in [-0.1, -0.05) is 57.9 Å². The maximum Gasteiger partial charge on any atom is 0.332 e. The number of ether oxygens (including phenoxy) is 4. The first kappa shape index (κ1) is 51.0. The Labute approximate surface area is 327 Å². The Bertz CT molecular complexity index is 1180. The van der Waals surface area contributed by atoms with Crippen LogP contribution in [0.15, 0.2) is 11.1 Å². The Balaban J connectivity index is 0. The Hall–Kier alpha value is -0.118. The fraction of sp³-hybridized carbons (Fsp3) is 0.882. The first-order valence-electron chi connectivity index (χ1n) is 14.7. The van der Waals surface area contributed by atoms with E-state index in [-0.39, 0.29) is 106 Å². The normalized spacial score (nSPS) is 44.8. The molecule has 14 atom stereocenters. The number of hydrogen-bond acceptors (Lipinski definition) is 14. The van der Waals surface area contributed by atoms with Crippen molar-refractivity contribution in [2.24, 2.45) is 22.7 Å². The molecule has 5 rings (SSSR count). The van der Waals surface area contributed by atoms with Gasteiger partial charge in [0.1, 0.15) is 48.8 Å². The monoisotopic (exact) mass is 923 g/mol. The van der Waals surface area contributed by atoms with Gasteiger partial charge in [-0.25, -0.2) is 4.79 Å². The van der Waals surface area contributed by atoms with Crippen molar-refractivity contribution in [2.45, 2.75) is 151 Å². The molecule has 0 spiro atoms. The third-order valence-electron chi connectivity index (χ3n) is 11.3. The molecule has 8 N–H and O–H groups in total. The average molecular weight is 924 g/mol. The van der Waals surface area contributed by atoms with Crippen LogP contribution in [-0.4, -0.2) is 139 Å². The maximum atomic E-state index is 14.4. The third kappa shape index (κ3) is 7.38. The first-order valence-corrected chi connectivity index (χ1v) is 14.7. The molecular formula is C34H64AcO14. The summed E-state index contributed by atoms with van der Waals surface area (Å²) in [4.78, 5) is 27.5. The smallest absolute Gasteiger partial charge is 0.332 e. The zero-order valence-corrected chi connectivity index (χ0v) is 30.2. The van der Waals surface area contributed by atoms with E-state index in [1.54, 1.807) is 27.7 Å². The van der Waals surface area contributed by atoms with Crippen molar-refractivity contribution in [1.82, 2.24) is 0 Å². The van der Waals surface area contributed by atoms with Gasteiger partial charge in [-0.2, -0.15) is 0 Å². The van der Waals surface area contributed by atoms with Crippen LogP contribution in [0.4, 0.5) is 0 Å². The van der Waals surface area contributed by atoms with E-state index in [9.17, 15) is 50.4 Å². The van der Waals surface area contributed by atoms with Gasteiger partial charge in [0.2, 0.25) is 0 Å². The molecule has 5 aliphatic rings. The van der Waals surface area contributed by atoms with E-state index in [4.69, 9.17) is 18.9 Å². The summed E-state index contributed by atoms with van der Waals surface area (Å²) >= 11 is 0. The second kappa shape index (κ2) is 17.4. The van der Waals surface area contributed by atoms with Gasteiger partial charge in [0, 0.05) is 68.2 Å². The van der Waals surface area contributed by atoms with E-state index in [1.165, 1.54) is 6.92 Å². The maximum absolute atomic E-state index is 14.4. The van der Waals surface area contributed by atoms with Gasteiger partial charge in [0.25, 0.3) is 0 Å². The predicted molar refractivity (Wildman–Crippen MR) is 176 cm³/mol. The minimum absolute atomic E-state index is 0. The number of esters is 1. The number of carbonyl (C=O) groups is 2. The van der Waals surface area contributed by atoms with Crippen LogP contribution >= 0.6 is 0 Å². The van der Waals surface area contributed by atoms with E-state index in [1.807, 2.05) is 0 Å². The molecule has 14 nitrogen and oxygen atoms in total. The minimum Gasteiger partial charge on any atom is -0.459 e. The second-order valence-corrected chi connectivity index (χ2v) is 13.7. The summed E-state index contributed by atoms with van der Waals surface area (Å²) in [7, 11) is 0. The number of carbonyl (C=O) groups excluding carboxylic acids is 2. The van der Waals surface area contributed by atoms with Crippen molar-refractivity contribution >= 4 is 11.8 Å². The van der Waals surface area contributed by atoms with E-state index in [2.05, 4.69) is 0 Å². The van der Waals surface area contributed by atoms with Gasteiger partial charge < -0.3 is 59.8 Å². The van der Waals surface area contributed by atoms with Crippen LogP contribution in [-0.2, 0) is 28.5 Å². The van der Waals surface area contributed by atoms with Crippen molar-refractivity contribution < 1.29 is 113 Å². The molecule has 2 heterocycles. The van der Waals surface area contributed by atoms with Gasteiger partial charge >= 0.3 is 5.97 Å². The van der Waals surface area contributed by atoms with Crippen LogP contribution in [0.3, 0.4) is 0 Å². The van der Waals surface area contributed by atoms with Gasteiger partial charge in [0.05, 0.1) is 36.4 Å². The Morgan fingerprint density at radius 3 is 2.04 bits per heavy atom. The van der Waals surface area contributed by atoms with Crippen molar-refractivity contribution in [3.8, 4) is 0 Å². The summed E-state index contributed by atoms with van der Waals surface area (Å²) in [5.41, 5.74) is -5.66. The zero-order valence-electron chi connectivity index (χ0n) is 25.5. The van der Waals surface area contributed by atoms with Crippen LogP contribution in [0.25, 0.3) is 0 Å². The molecule has 2 saturated carbocycles. The van der Waals surface area contributed by atoms with E-state index >= 15 is 0 Å². The summed E-state index contributed by atoms with van der Waals surface area (Å²) in [5.74, 6) is -3.68. The van der Waals surface area contributed by atoms with Crippen molar-refractivity contribution in [2.75, 3.05) is 19.8 Å². The summed E-state index contributed by atoms with van der Waals surface area (Å²) in [6, 6.07) is 0. The third-order valence-corrected chi connectivity index (χ3v) is 11.3. The zero-order chi connectivity index (χ0) is 32.0. The minimum atomic E-state index is -1.79. The van der Waals surface area contributed by atoms with Crippen LogP contribution < -0.4 is 0 Å². The molecular weight excluding hydrogens is 859 g/mol. The molecule has 0 aromatic heterocycles. The molecule has 1 radical (unpaired) electrons. The number of aliphatic hydroxyl groups excluding tert-OH is 6. The van der Waals surface area contributed by atoms with Crippen LogP contribution in [0.1, 0.15) is 84.6 Å². The molecule has 2 saturated heterocycles. The molecule has 0 aromatic rings. The average Bonchev–Trinajstić information content (AvgIpc) is 2.94. The van der Waals surface area contributed by atoms with Crippen LogP contribution in [0.5, 0.6) is 0 Å². The summed E-state index contributed by atoms with van der Waals surface area (Å²) in [5, 5.41) is 86.3. The van der Waals surface area contributed by atoms with Crippen molar-refractivity contribution in [3.05, 3.63) is 11.1 Å². The number of aliphatic hydroxyl groups is 8. The van der Waals surface area contributed by atoms with Gasteiger partial charge in [-0.05, 0) is 30.9 Å². The molecule has 11 unspecified atom stereocenters. The Kier molecular flexibility index (Phi) is 18.1. The first-order chi connectivity index (χ1) is 19.9. The summed E-state index contributed by atoms with van der Waals surface area (Å²) in [6.07, 6.45) is -13.2. The number of Topliss-reactive ketones (excluding diaryl/α,β-unsaturated/α-hetero) is 1. The van der Waals surface area contributed by atoms with E-state index < -0.39 is 114 Å².